The monoisotopic (exact) mass is 358 g/mol. The first-order valence-corrected chi connectivity index (χ1v) is 8.93. The lowest BCUT2D eigenvalue weighted by Gasteiger charge is -2.19. The van der Waals surface area contributed by atoms with E-state index in [9.17, 15) is 4.79 Å². The summed E-state index contributed by atoms with van der Waals surface area (Å²) in [6.07, 6.45) is 0. The van der Waals surface area contributed by atoms with Crippen molar-refractivity contribution >= 4 is 29.5 Å². The van der Waals surface area contributed by atoms with Crippen LogP contribution in [0, 0.1) is 4.77 Å². The van der Waals surface area contributed by atoms with Crippen LogP contribution in [0.3, 0.4) is 0 Å². The maximum atomic E-state index is 12.7. The van der Waals surface area contributed by atoms with Crippen LogP contribution in [0.15, 0.2) is 47.8 Å². The molecule has 2 atom stereocenters. The van der Waals surface area contributed by atoms with Crippen molar-refractivity contribution in [3.05, 3.63) is 58.2 Å². The second-order valence-electron chi connectivity index (χ2n) is 5.52. The van der Waals surface area contributed by atoms with Crippen molar-refractivity contribution in [3.8, 4) is 10.7 Å². The predicted molar refractivity (Wildman–Crippen MR) is 98.4 cm³/mol. The topological polar surface area (TPSA) is 62.7 Å². The van der Waals surface area contributed by atoms with Crippen molar-refractivity contribution < 1.29 is 4.79 Å². The van der Waals surface area contributed by atoms with Crippen LogP contribution in [-0.4, -0.2) is 20.7 Å². The van der Waals surface area contributed by atoms with Crippen LogP contribution < -0.4 is 5.32 Å². The normalized spacial score (nSPS) is 13.4. The van der Waals surface area contributed by atoms with Crippen LogP contribution in [0.2, 0.25) is 0 Å². The second kappa shape index (κ2) is 7.11. The number of aromatic amines is 1. The van der Waals surface area contributed by atoms with Gasteiger partial charge in [0, 0.05) is 0 Å². The quantitative estimate of drug-likeness (QED) is 0.675. The van der Waals surface area contributed by atoms with Gasteiger partial charge in [-0.2, -0.15) is 5.10 Å². The van der Waals surface area contributed by atoms with Crippen LogP contribution in [0.5, 0.6) is 0 Å². The molecule has 2 heterocycles. The Morgan fingerprint density at radius 3 is 2.67 bits per heavy atom. The molecule has 124 valence electrons. The largest absolute Gasteiger partial charge is 0.348 e. The molecule has 3 rings (SSSR count). The van der Waals surface area contributed by atoms with E-state index in [0.29, 0.717) is 10.6 Å². The number of carbonyl (C=O) groups is 1. The Kier molecular flexibility index (Phi) is 4.92. The molecular formula is C17H18N4OS2. The molecule has 0 saturated heterocycles. The lowest BCUT2D eigenvalue weighted by molar-refractivity contribution is -0.124. The van der Waals surface area contributed by atoms with Crippen LogP contribution in [0.1, 0.15) is 31.5 Å². The number of H-pyrrole nitrogens is 1. The maximum Gasteiger partial charge on any atom is 0.243 e. The molecule has 24 heavy (non-hydrogen) atoms. The minimum atomic E-state index is -0.459. The van der Waals surface area contributed by atoms with Crippen LogP contribution in [0.4, 0.5) is 0 Å². The van der Waals surface area contributed by atoms with Gasteiger partial charge in [-0.1, -0.05) is 36.4 Å². The third-order valence-corrected chi connectivity index (χ3v) is 5.02. The zero-order chi connectivity index (χ0) is 17.1. The van der Waals surface area contributed by atoms with Crippen molar-refractivity contribution in [3.63, 3.8) is 0 Å². The molecule has 0 aliphatic rings. The summed E-state index contributed by atoms with van der Waals surface area (Å²) >= 11 is 6.88. The Morgan fingerprint density at radius 1 is 1.25 bits per heavy atom. The molecule has 3 aromatic rings. The summed E-state index contributed by atoms with van der Waals surface area (Å²) in [5, 5.41) is 12.1. The molecule has 1 amide bonds. The number of nitrogens with one attached hydrogen (secondary N) is 2. The first-order chi connectivity index (χ1) is 11.6. The van der Waals surface area contributed by atoms with E-state index in [-0.39, 0.29) is 11.9 Å². The number of hydrogen-bond donors (Lipinski definition) is 2. The van der Waals surface area contributed by atoms with E-state index in [2.05, 4.69) is 15.5 Å². The lowest BCUT2D eigenvalue weighted by atomic mass is 10.1. The minimum absolute atomic E-state index is 0.0765. The molecule has 0 fully saturated rings. The maximum absolute atomic E-state index is 12.7. The summed E-state index contributed by atoms with van der Waals surface area (Å²) in [5.41, 5.74) is 1.06. The summed E-state index contributed by atoms with van der Waals surface area (Å²) in [6.45, 7) is 3.80. The van der Waals surface area contributed by atoms with Crippen molar-refractivity contribution in [2.45, 2.75) is 25.9 Å². The van der Waals surface area contributed by atoms with E-state index in [1.807, 2.05) is 61.7 Å². The van der Waals surface area contributed by atoms with Gasteiger partial charge in [0.1, 0.15) is 6.04 Å². The van der Waals surface area contributed by atoms with Gasteiger partial charge >= 0.3 is 0 Å². The van der Waals surface area contributed by atoms with Gasteiger partial charge in [0.25, 0.3) is 0 Å². The second-order valence-corrected chi connectivity index (χ2v) is 6.85. The van der Waals surface area contributed by atoms with E-state index in [1.165, 1.54) is 0 Å². The number of thiophene rings is 1. The smallest absolute Gasteiger partial charge is 0.243 e. The van der Waals surface area contributed by atoms with Gasteiger partial charge in [0.05, 0.1) is 10.9 Å². The fraction of sp³-hybridized carbons (Fsp3) is 0.235. The average molecular weight is 358 g/mol. The van der Waals surface area contributed by atoms with E-state index >= 15 is 0 Å². The van der Waals surface area contributed by atoms with Crippen molar-refractivity contribution in [1.82, 2.24) is 20.1 Å². The van der Waals surface area contributed by atoms with Crippen molar-refractivity contribution in [2.24, 2.45) is 0 Å². The highest BCUT2D eigenvalue weighted by molar-refractivity contribution is 7.71. The Hall–Kier alpha value is -2.25. The highest BCUT2D eigenvalue weighted by Crippen LogP contribution is 2.26. The summed E-state index contributed by atoms with van der Waals surface area (Å²) in [6, 6.07) is 13.2. The fourth-order valence-corrected chi connectivity index (χ4v) is 3.52. The van der Waals surface area contributed by atoms with Gasteiger partial charge in [-0.15, -0.1) is 11.3 Å². The Morgan fingerprint density at radius 2 is 2.00 bits per heavy atom. The van der Waals surface area contributed by atoms with Crippen molar-refractivity contribution in [1.29, 1.82) is 0 Å². The van der Waals surface area contributed by atoms with E-state index < -0.39 is 6.04 Å². The minimum Gasteiger partial charge on any atom is -0.348 e. The van der Waals surface area contributed by atoms with Gasteiger partial charge in [-0.05, 0) is 43.1 Å². The summed E-state index contributed by atoms with van der Waals surface area (Å²) in [7, 11) is 0. The molecule has 7 heteroatoms. The SMILES string of the molecule is C[C@H](NC(=O)[C@H](C)n1c(-c2cccs2)n[nH]c1=S)c1ccccc1. The van der Waals surface area contributed by atoms with Gasteiger partial charge in [0.15, 0.2) is 10.6 Å². The molecule has 1 aromatic carbocycles. The summed E-state index contributed by atoms with van der Waals surface area (Å²) < 4.78 is 2.20. The Balaban J connectivity index is 1.82. The molecule has 0 spiro atoms. The van der Waals surface area contributed by atoms with E-state index in [0.717, 1.165) is 10.4 Å². The molecule has 0 unspecified atom stereocenters. The standard InChI is InChI=1S/C17H18N4OS2/c1-11(13-7-4-3-5-8-13)18-16(22)12(2)21-15(19-20-17(21)23)14-9-6-10-24-14/h3-12H,1-2H3,(H,18,22)(H,20,23)/t11-,12-/m0/s1. The lowest BCUT2D eigenvalue weighted by Crippen LogP contribution is -2.33. The molecule has 0 aliphatic carbocycles. The zero-order valence-electron chi connectivity index (χ0n) is 13.4. The van der Waals surface area contributed by atoms with E-state index in [1.54, 1.807) is 15.9 Å². The van der Waals surface area contributed by atoms with Crippen LogP contribution in [0.25, 0.3) is 10.7 Å². The number of carbonyl (C=O) groups excluding carboxylic acids is 1. The molecule has 0 aliphatic heterocycles. The fourth-order valence-electron chi connectivity index (χ4n) is 2.52. The van der Waals surface area contributed by atoms with Gasteiger partial charge in [0.2, 0.25) is 5.91 Å². The van der Waals surface area contributed by atoms with Gasteiger partial charge < -0.3 is 5.32 Å². The zero-order valence-corrected chi connectivity index (χ0v) is 15.0. The van der Waals surface area contributed by atoms with Gasteiger partial charge in [-0.3, -0.25) is 14.5 Å². The van der Waals surface area contributed by atoms with Gasteiger partial charge in [-0.25, -0.2) is 0 Å². The number of aromatic nitrogens is 3. The molecule has 0 bridgehead atoms. The first kappa shape index (κ1) is 16.6. The van der Waals surface area contributed by atoms with Crippen LogP contribution in [-0.2, 0) is 4.79 Å². The first-order valence-electron chi connectivity index (χ1n) is 7.64. The number of rotatable bonds is 5. The number of hydrogen-bond acceptors (Lipinski definition) is 4. The molecule has 5 nitrogen and oxygen atoms in total. The van der Waals surface area contributed by atoms with E-state index in [4.69, 9.17) is 12.2 Å². The van der Waals surface area contributed by atoms with Crippen LogP contribution >= 0.6 is 23.6 Å². The third kappa shape index (κ3) is 3.32. The molecule has 0 saturated carbocycles. The Labute approximate surface area is 149 Å². The third-order valence-electron chi connectivity index (χ3n) is 3.87. The number of amides is 1. The molecule has 0 radical (unpaired) electrons. The summed E-state index contributed by atoms with van der Waals surface area (Å²) in [5.74, 6) is 0.590. The average Bonchev–Trinajstić information content (AvgIpc) is 3.24. The molecule has 2 aromatic heterocycles. The highest BCUT2D eigenvalue weighted by atomic mass is 32.1. The molecular weight excluding hydrogens is 340 g/mol. The van der Waals surface area contributed by atoms with Crippen molar-refractivity contribution in [2.75, 3.05) is 0 Å². The highest BCUT2D eigenvalue weighted by Gasteiger charge is 2.22. The summed E-state index contributed by atoms with van der Waals surface area (Å²) in [4.78, 5) is 13.7. The Bertz CT molecular complexity index is 868. The molecule has 2 N–H and O–H groups in total. The predicted octanol–water partition coefficient (Wildman–Crippen LogP) is 4.11. The number of benzene rings is 1. The number of nitrogens with zero attached hydrogens (tertiary/aromatic N) is 2.